The summed E-state index contributed by atoms with van der Waals surface area (Å²) < 4.78 is 1.64. The fraction of sp³-hybridized carbons (Fsp3) is 0.118. The van der Waals surface area contributed by atoms with E-state index in [0.29, 0.717) is 17.8 Å². The van der Waals surface area contributed by atoms with Crippen molar-refractivity contribution in [1.82, 2.24) is 14.7 Å². The van der Waals surface area contributed by atoms with E-state index in [2.05, 4.69) is 15.6 Å². The number of imidazole rings is 1. The van der Waals surface area contributed by atoms with Crippen molar-refractivity contribution >= 4 is 34.7 Å². The number of carbonyl (C=O) groups excluding carboxylic acids is 2. The number of pyridine rings is 1. The normalized spacial score (nSPS) is 10.6. The molecular weight excluding hydrogens is 328 g/mol. The number of likely N-dealkylation sites (N-methyl/N-ethyl adjacent to an activating group) is 1. The largest absolute Gasteiger partial charge is 0.359 e. The summed E-state index contributed by atoms with van der Waals surface area (Å²) >= 11 is 6.09. The zero-order valence-electron chi connectivity index (χ0n) is 12.9. The lowest BCUT2D eigenvalue weighted by Crippen LogP contribution is -2.20. The molecule has 0 bridgehead atoms. The van der Waals surface area contributed by atoms with Gasteiger partial charge < -0.3 is 10.6 Å². The monoisotopic (exact) mass is 342 g/mol. The number of nitrogens with zero attached hydrogens (tertiary/aromatic N) is 2. The van der Waals surface area contributed by atoms with E-state index in [9.17, 15) is 9.59 Å². The summed E-state index contributed by atoms with van der Waals surface area (Å²) in [5, 5.41) is 5.50. The van der Waals surface area contributed by atoms with Crippen molar-refractivity contribution in [3.8, 4) is 0 Å². The molecule has 2 heterocycles. The van der Waals surface area contributed by atoms with Crippen molar-refractivity contribution in [2.75, 3.05) is 12.4 Å². The number of carbonyl (C=O) groups is 2. The van der Waals surface area contributed by atoms with Crippen LogP contribution in [0.3, 0.4) is 0 Å². The fourth-order valence-electron chi connectivity index (χ4n) is 2.34. The molecule has 3 aromatic rings. The van der Waals surface area contributed by atoms with Crippen LogP contribution in [0.15, 0.2) is 48.7 Å². The van der Waals surface area contributed by atoms with E-state index in [4.69, 9.17) is 11.6 Å². The van der Waals surface area contributed by atoms with E-state index in [1.165, 1.54) is 0 Å². The Morgan fingerprint density at radius 2 is 1.92 bits per heavy atom. The van der Waals surface area contributed by atoms with E-state index in [-0.39, 0.29) is 22.7 Å². The first-order valence-electron chi connectivity index (χ1n) is 7.32. The van der Waals surface area contributed by atoms with Crippen LogP contribution >= 0.6 is 11.6 Å². The maximum Gasteiger partial charge on any atom is 0.275 e. The lowest BCUT2D eigenvalue weighted by atomic mass is 10.1. The van der Waals surface area contributed by atoms with Crippen molar-refractivity contribution < 1.29 is 9.59 Å². The fourth-order valence-corrected chi connectivity index (χ4v) is 2.60. The van der Waals surface area contributed by atoms with Crippen LogP contribution in [-0.2, 0) is 11.2 Å². The van der Waals surface area contributed by atoms with Gasteiger partial charge in [0.1, 0.15) is 5.65 Å². The molecule has 2 aromatic heterocycles. The first-order valence-corrected chi connectivity index (χ1v) is 7.69. The molecule has 0 radical (unpaired) electrons. The van der Waals surface area contributed by atoms with Crippen LogP contribution in [-0.4, -0.2) is 28.2 Å². The van der Waals surface area contributed by atoms with Crippen LogP contribution < -0.4 is 10.6 Å². The van der Waals surface area contributed by atoms with E-state index >= 15 is 0 Å². The maximum absolute atomic E-state index is 12.5. The van der Waals surface area contributed by atoms with Gasteiger partial charge in [0.05, 0.1) is 6.42 Å². The molecule has 0 atom stereocenters. The lowest BCUT2D eigenvalue weighted by molar-refractivity contribution is -0.119. The second-order valence-electron chi connectivity index (χ2n) is 5.18. The molecule has 0 spiro atoms. The molecule has 7 heteroatoms. The third kappa shape index (κ3) is 3.23. The molecule has 0 fully saturated rings. The number of halogens is 1. The third-order valence-corrected chi connectivity index (χ3v) is 3.82. The number of anilines is 1. The average Bonchev–Trinajstić information content (AvgIpc) is 2.92. The maximum atomic E-state index is 12.5. The summed E-state index contributed by atoms with van der Waals surface area (Å²) in [6.07, 6.45) is 2.03. The molecule has 0 saturated carbocycles. The standard InChI is InChI=1S/C17H15ClN4O2/c1-19-14(23)10-11-5-7-12(8-6-11)20-17(24)15-16(18)21-13-4-2-3-9-22(13)15/h2-9H,10H2,1H3,(H,19,23)(H,20,24). The molecule has 6 nitrogen and oxygen atoms in total. The number of nitrogens with one attached hydrogen (secondary N) is 2. The zero-order valence-corrected chi connectivity index (χ0v) is 13.7. The first-order chi connectivity index (χ1) is 11.6. The van der Waals surface area contributed by atoms with Gasteiger partial charge in [-0.2, -0.15) is 0 Å². The molecule has 2 N–H and O–H groups in total. The molecule has 2 amide bonds. The zero-order chi connectivity index (χ0) is 17.1. The van der Waals surface area contributed by atoms with Crippen LogP contribution in [0.2, 0.25) is 5.15 Å². The summed E-state index contributed by atoms with van der Waals surface area (Å²) in [4.78, 5) is 28.0. The Labute approximate surface area is 143 Å². The molecule has 0 unspecified atom stereocenters. The Balaban J connectivity index is 1.79. The van der Waals surface area contributed by atoms with Crippen molar-refractivity contribution in [3.05, 3.63) is 65.1 Å². The minimum Gasteiger partial charge on any atom is -0.359 e. The van der Waals surface area contributed by atoms with Crippen molar-refractivity contribution in [2.24, 2.45) is 0 Å². The predicted molar refractivity (Wildman–Crippen MR) is 92.4 cm³/mol. The van der Waals surface area contributed by atoms with Crippen LogP contribution in [0, 0.1) is 0 Å². The highest BCUT2D eigenvalue weighted by molar-refractivity contribution is 6.33. The van der Waals surface area contributed by atoms with Crippen LogP contribution in [0.25, 0.3) is 5.65 Å². The van der Waals surface area contributed by atoms with Gasteiger partial charge in [-0.05, 0) is 29.8 Å². The first kappa shape index (κ1) is 16.0. The van der Waals surface area contributed by atoms with Crippen molar-refractivity contribution in [1.29, 1.82) is 0 Å². The summed E-state index contributed by atoms with van der Waals surface area (Å²) in [6, 6.07) is 12.5. The van der Waals surface area contributed by atoms with E-state index in [1.54, 1.807) is 54.0 Å². The number of amides is 2. The SMILES string of the molecule is CNC(=O)Cc1ccc(NC(=O)c2c(Cl)nc3ccccn23)cc1. The van der Waals surface area contributed by atoms with E-state index in [0.717, 1.165) is 5.56 Å². The Hall–Kier alpha value is -2.86. The molecule has 0 saturated heterocycles. The van der Waals surface area contributed by atoms with Gasteiger partial charge in [0.2, 0.25) is 5.91 Å². The minimum atomic E-state index is -0.349. The van der Waals surface area contributed by atoms with Crippen molar-refractivity contribution in [2.45, 2.75) is 6.42 Å². The molecular formula is C17H15ClN4O2. The topological polar surface area (TPSA) is 75.5 Å². The third-order valence-electron chi connectivity index (χ3n) is 3.56. The van der Waals surface area contributed by atoms with E-state index < -0.39 is 0 Å². The molecule has 1 aromatic carbocycles. The molecule has 0 aliphatic heterocycles. The van der Waals surface area contributed by atoms with Crippen LogP contribution in [0.5, 0.6) is 0 Å². The number of aromatic nitrogens is 2. The Morgan fingerprint density at radius 3 is 2.62 bits per heavy atom. The second-order valence-corrected chi connectivity index (χ2v) is 5.54. The van der Waals surface area contributed by atoms with Gasteiger partial charge in [0.15, 0.2) is 10.8 Å². The van der Waals surface area contributed by atoms with Gasteiger partial charge in [-0.3, -0.25) is 14.0 Å². The van der Waals surface area contributed by atoms with Gasteiger partial charge in [-0.25, -0.2) is 4.98 Å². The van der Waals surface area contributed by atoms with Gasteiger partial charge >= 0.3 is 0 Å². The summed E-state index contributed by atoms with van der Waals surface area (Å²) in [7, 11) is 1.59. The summed E-state index contributed by atoms with van der Waals surface area (Å²) in [5.74, 6) is -0.415. The molecule has 3 rings (SSSR count). The second kappa shape index (κ2) is 6.72. The Kier molecular flexibility index (Phi) is 4.48. The van der Waals surface area contributed by atoms with Gasteiger partial charge in [0.25, 0.3) is 5.91 Å². The van der Waals surface area contributed by atoms with Crippen molar-refractivity contribution in [3.63, 3.8) is 0 Å². The molecule has 0 aliphatic carbocycles. The quantitative estimate of drug-likeness (QED) is 0.765. The van der Waals surface area contributed by atoms with Gasteiger partial charge in [-0.1, -0.05) is 29.8 Å². The molecule has 0 aliphatic rings. The Morgan fingerprint density at radius 1 is 1.17 bits per heavy atom. The van der Waals surface area contributed by atoms with E-state index in [1.807, 2.05) is 6.07 Å². The number of rotatable bonds is 4. The highest BCUT2D eigenvalue weighted by Gasteiger charge is 2.17. The Bertz CT molecular complexity index is 903. The van der Waals surface area contributed by atoms with Crippen LogP contribution in [0.4, 0.5) is 5.69 Å². The van der Waals surface area contributed by atoms with Gasteiger partial charge in [-0.15, -0.1) is 0 Å². The molecule has 122 valence electrons. The number of hydrogen-bond acceptors (Lipinski definition) is 3. The highest BCUT2D eigenvalue weighted by atomic mass is 35.5. The summed E-state index contributed by atoms with van der Waals surface area (Å²) in [5.41, 5.74) is 2.36. The minimum absolute atomic E-state index is 0.0655. The lowest BCUT2D eigenvalue weighted by Gasteiger charge is -2.07. The van der Waals surface area contributed by atoms with Gasteiger partial charge in [0, 0.05) is 18.9 Å². The summed E-state index contributed by atoms with van der Waals surface area (Å²) in [6.45, 7) is 0. The smallest absolute Gasteiger partial charge is 0.275 e. The number of benzene rings is 1. The molecule has 24 heavy (non-hydrogen) atoms. The predicted octanol–water partition coefficient (Wildman–Crippen LogP) is 2.53. The number of fused-ring (bicyclic) bond motifs is 1. The number of hydrogen-bond donors (Lipinski definition) is 2. The average molecular weight is 343 g/mol. The highest BCUT2D eigenvalue weighted by Crippen LogP contribution is 2.19. The van der Waals surface area contributed by atoms with Crippen LogP contribution in [0.1, 0.15) is 16.1 Å².